The molecule has 0 N–H and O–H groups in total. The Labute approximate surface area is 96.5 Å². The molecule has 0 saturated heterocycles. The molecule has 5 heteroatoms. The highest BCUT2D eigenvalue weighted by atomic mass is 79.9. The first-order valence-electron chi connectivity index (χ1n) is 3.54. The Bertz CT molecular complexity index is 358. The third kappa shape index (κ3) is 1.49. The molecule has 1 aliphatic rings. The van der Waals surface area contributed by atoms with Crippen LogP contribution in [-0.2, 0) is 0 Å². The van der Waals surface area contributed by atoms with E-state index in [2.05, 4.69) is 31.9 Å². The van der Waals surface area contributed by atoms with Crippen molar-refractivity contribution >= 4 is 43.5 Å². The van der Waals surface area contributed by atoms with Gasteiger partial charge in [-0.1, -0.05) is 27.5 Å². The molecule has 0 aliphatic carbocycles. The predicted molar refractivity (Wildman–Crippen MR) is 56.4 cm³/mol. The van der Waals surface area contributed by atoms with Gasteiger partial charge >= 0.3 is 0 Å². The van der Waals surface area contributed by atoms with Crippen molar-refractivity contribution in [2.45, 2.75) is 9.84 Å². The van der Waals surface area contributed by atoms with E-state index < -0.39 is 0 Å². The van der Waals surface area contributed by atoms with Gasteiger partial charge in [0, 0.05) is 5.56 Å². The van der Waals surface area contributed by atoms with Crippen LogP contribution < -0.4 is 4.74 Å². The van der Waals surface area contributed by atoms with Gasteiger partial charge in [0.05, 0.1) is 9.85 Å². The minimum atomic E-state index is -0.303. The standard InChI is InChI=1S/C8H4Br2ClFO/c9-6-5-4(12)2-1-3(11)7(5)13-8(6)10/h1-2,6,8H. The number of halogens is 4. The lowest BCUT2D eigenvalue weighted by Crippen LogP contribution is -2.04. The summed E-state index contributed by atoms with van der Waals surface area (Å²) in [6.07, 6.45) is 0. The highest BCUT2D eigenvalue weighted by molar-refractivity contribution is 9.12. The van der Waals surface area contributed by atoms with Crippen LogP contribution in [-0.4, -0.2) is 5.01 Å². The molecule has 0 saturated carbocycles. The van der Waals surface area contributed by atoms with Crippen molar-refractivity contribution < 1.29 is 9.13 Å². The van der Waals surface area contributed by atoms with Crippen molar-refractivity contribution in [3.05, 3.63) is 28.5 Å². The maximum atomic E-state index is 13.3. The van der Waals surface area contributed by atoms with E-state index >= 15 is 0 Å². The van der Waals surface area contributed by atoms with E-state index in [0.717, 1.165) is 0 Å². The smallest absolute Gasteiger partial charge is 0.170 e. The minimum Gasteiger partial charge on any atom is -0.476 e. The fourth-order valence-electron chi connectivity index (χ4n) is 1.23. The topological polar surface area (TPSA) is 9.23 Å². The Kier molecular flexibility index (Phi) is 2.55. The lowest BCUT2D eigenvalue weighted by molar-refractivity contribution is 0.329. The molecule has 1 aromatic rings. The first kappa shape index (κ1) is 9.74. The van der Waals surface area contributed by atoms with Crippen LogP contribution >= 0.6 is 43.5 Å². The summed E-state index contributed by atoms with van der Waals surface area (Å²) in [5, 5.41) is 0.166. The summed E-state index contributed by atoms with van der Waals surface area (Å²) in [7, 11) is 0. The van der Waals surface area contributed by atoms with Gasteiger partial charge < -0.3 is 4.74 Å². The van der Waals surface area contributed by atoms with E-state index in [1.54, 1.807) is 0 Å². The number of benzene rings is 1. The van der Waals surface area contributed by atoms with Crippen LogP contribution in [0.2, 0.25) is 5.02 Å². The fourth-order valence-corrected chi connectivity index (χ4v) is 2.42. The Morgan fingerprint density at radius 3 is 2.69 bits per heavy atom. The van der Waals surface area contributed by atoms with Gasteiger partial charge in [-0.3, -0.25) is 0 Å². The first-order valence-corrected chi connectivity index (χ1v) is 5.75. The highest BCUT2D eigenvalue weighted by Gasteiger charge is 2.34. The predicted octanol–water partition coefficient (Wildman–Crippen LogP) is 4.03. The molecule has 2 rings (SSSR count). The SMILES string of the molecule is Fc1ccc(Cl)c2c1C(Br)C(Br)O2. The summed E-state index contributed by atoms with van der Waals surface area (Å²) in [5.74, 6) is 0.119. The van der Waals surface area contributed by atoms with Crippen LogP contribution in [0.1, 0.15) is 10.4 Å². The largest absolute Gasteiger partial charge is 0.476 e. The van der Waals surface area contributed by atoms with Crippen molar-refractivity contribution in [1.82, 2.24) is 0 Å². The van der Waals surface area contributed by atoms with Gasteiger partial charge in [0.2, 0.25) is 0 Å². The fraction of sp³-hybridized carbons (Fsp3) is 0.250. The molecule has 1 aliphatic heterocycles. The maximum absolute atomic E-state index is 13.3. The van der Waals surface area contributed by atoms with Crippen molar-refractivity contribution in [3.8, 4) is 5.75 Å². The second kappa shape index (κ2) is 3.41. The number of hydrogen-bond acceptors (Lipinski definition) is 1. The number of rotatable bonds is 0. The molecule has 0 spiro atoms. The first-order chi connectivity index (χ1) is 6.11. The van der Waals surface area contributed by atoms with Crippen LogP contribution in [0.15, 0.2) is 12.1 Å². The molecule has 1 nitrogen and oxygen atoms in total. The van der Waals surface area contributed by atoms with Gasteiger partial charge in [0.15, 0.2) is 5.01 Å². The quantitative estimate of drug-likeness (QED) is 0.653. The second-order valence-electron chi connectivity index (χ2n) is 2.64. The molecule has 0 fully saturated rings. The van der Waals surface area contributed by atoms with E-state index in [0.29, 0.717) is 16.3 Å². The van der Waals surface area contributed by atoms with E-state index in [-0.39, 0.29) is 15.7 Å². The van der Waals surface area contributed by atoms with E-state index in [1.165, 1.54) is 12.1 Å². The van der Waals surface area contributed by atoms with Crippen molar-refractivity contribution in [3.63, 3.8) is 0 Å². The zero-order chi connectivity index (χ0) is 9.59. The Balaban J connectivity index is 2.61. The summed E-state index contributed by atoms with van der Waals surface area (Å²) in [4.78, 5) is -0.193. The average molecular weight is 330 g/mol. The molecule has 70 valence electrons. The van der Waals surface area contributed by atoms with Crippen LogP contribution in [0.3, 0.4) is 0 Å². The van der Waals surface area contributed by atoms with Gasteiger partial charge in [0.1, 0.15) is 11.6 Å². The normalized spacial score (nSPS) is 25.5. The van der Waals surface area contributed by atoms with Gasteiger partial charge in [-0.05, 0) is 28.1 Å². The summed E-state index contributed by atoms with van der Waals surface area (Å²) >= 11 is 12.4. The van der Waals surface area contributed by atoms with Crippen LogP contribution in [0.5, 0.6) is 5.75 Å². The minimum absolute atomic E-state index is 0.193. The molecular weight excluding hydrogens is 326 g/mol. The average Bonchev–Trinajstić information content (AvgIpc) is 2.38. The van der Waals surface area contributed by atoms with E-state index in [4.69, 9.17) is 16.3 Å². The van der Waals surface area contributed by atoms with Gasteiger partial charge in [-0.25, -0.2) is 4.39 Å². The van der Waals surface area contributed by atoms with Gasteiger partial charge in [-0.15, -0.1) is 0 Å². The van der Waals surface area contributed by atoms with Gasteiger partial charge in [-0.2, -0.15) is 0 Å². The molecule has 0 amide bonds. The lowest BCUT2D eigenvalue weighted by Gasteiger charge is -2.03. The number of fused-ring (bicyclic) bond motifs is 1. The third-order valence-electron chi connectivity index (χ3n) is 1.83. The van der Waals surface area contributed by atoms with Crippen LogP contribution in [0.4, 0.5) is 4.39 Å². The van der Waals surface area contributed by atoms with Crippen molar-refractivity contribution in [2.75, 3.05) is 0 Å². The second-order valence-corrected chi connectivity index (χ2v) is 4.94. The lowest BCUT2D eigenvalue weighted by atomic mass is 10.1. The molecule has 0 radical (unpaired) electrons. The summed E-state index contributed by atoms with van der Waals surface area (Å²) in [6.45, 7) is 0. The summed E-state index contributed by atoms with van der Waals surface area (Å²) in [5.41, 5.74) is 0.481. The number of hydrogen-bond donors (Lipinski definition) is 0. The van der Waals surface area contributed by atoms with Crippen LogP contribution in [0, 0.1) is 5.82 Å². The van der Waals surface area contributed by atoms with Crippen molar-refractivity contribution in [2.24, 2.45) is 0 Å². The summed E-state index contributed by atoms with van der Waals surface area (Å²) in [6, 6.07) is 2.82. The zero-order valence-electron chi connectivity index (χ0n) is 6.23. The molecule has 13 heavy (non-hydrogen) atoms. The number of ether oxygens (including phenoxy) is 1. The van der Waals surface area contributed by atoms with Crippen molar-refractivity contribution in [1.29, 1.82) is 0 Å². The Morgan fingerprint density at radius 2 is 2.08 bits per heavy atom. The molecule has 1 heterocycles. The highest BCUT2D eigenvalue weighted by Crippen LogP contribution is 2.48. The molecule has 0 bridgehead atoms. The zero-order valence-corrected chi connectivity index (χ0v) is 10.2. The summed E-state index contributed by atoms with van der Waals surface area (Å²) < 4.78 is 18.6. The van der Waals surface area contributed by atoms with E-state index in [9.17, 15) is 4.39 Å². The monoisotopic (exact) mass is 328 g/mol. The van der Waals surface area contributed by atoms with E-state index in [1.807, 2.05) is 0 Å². The molecule has 2 unspecified atom stereocenters. The van der Waals surface area contributed by atoms with Gasteiger partial charge in [0.25, 0.3) is 0 Å². The molecular formula is C8H4Br2ClFO. The molecule has 2 atom stereocenters. The molecule has 0 aromatic heterocycles. The number of alkyl halides is 2. The maximum Gasteiger partial charge on any atom is 0.170 e. The Hall–Kier alpha value is 0.200. The Morgan fingerprint density at radius 1 is 1.38 bits per heavy atom. The van der Waals surface area contributed by atoms with Crippen LogP contribution in [0.25, 0.3) is 0 Å². The third-order valence-corrected chi connectivity index (χ3v) is 4.49. The molecule has 1 aromatic carbocycles.